The van der Waals surface area contributed by atoms with Crippen LogP contribution in [0.15, 0.2) is 42.6 Å². The third-order valence-corrected chi connectivity index (χ3v) is 4.90. The Kier molecular flexibility index (Phi) is 5.17. The molecule has 5 heteroatoms. The molecule has 1 fully saturated rings. The van der Waals surface area contributed by atoms with Crippen LogP contribution in [0.3, 0.4) is 0 Å². The van der Waals surface area contributed by atoms with Crippen LogP contribution in [0.5, 0.6) is 0 Å². The Balaban J connectivity index is 1.60. The summed E-state index contributed by atoms with van der Waals surface area (Å²) in [7, 11) is 0. The van der Waals surface area contributed by atoms with Crippen molar-refractivity contribution in [2.45, 2.75) is 25.9 Å². The number of amides is 1. The molecule has 1 aliphatic heterocycles. The van der Waals surface area contributed by atoms with Crippen molar-refractivity contribution in [3.05, 3.63) is 64.4 Å². The molecule has 4 nitrogen and oxygen atoms in total. The van der Waals surface area contributed by atoms with E-state index in [0.29, 0.717) is 23.7 Å². The van der Waals surface area contributed by atoms with Crippen LogP contribution >= 0.6 is 11.6 Å². The van der Waals surface area contributed by atoms with Gasteiger partial charge in [0.1, 0.15) is 0 Å². The van der Waals surface area contributed by atoms with Crippen LogP contribution in [-0.2, 0) is 0 Å². The molecular formula is C19H21ClN2O2. The molecule has 1 aromatic carbocycles. The van der Waals surface area contributed by atoms with E-state index >= 15 is 0 Å². The van der Waals surface area contributed by atoms with Gasteiger partial charge in [0.25, 0.3) is 5.91 Å². The first-order valence-corrected chi connectivity index (χ1v) is 8.58. The van der Waals surface area contributed by atoms with Crippen LogP contribution < -0.4 is 0 Å². The van der Waals surface area contributed by atoms with Gasteiger partial charge in [-0.2, -0.15) is 0 Å². The zero-order chi connectivity index (χ0) is 17.1. The van der Waals surface area contributed by atoms with Crippen LogP contribution in [0, 0.1) is 12.8 Å². The maximum atomic E-state index is 12.5. The van der Waals surface area contributed by atoms with Gasteiger partial charge in [0, 0.05) is 30.0 Å². The van der Waals surface area contributed by atoms with Crippen molar-refractivity contribution < 1.29 is 9.90 Å². The predicted molar refractivity (Wildman–Crippen MR) is 94.0 cm³/mol. The van der Waals surface area contributed by atoms with Crippen LogP contribution in [0.1, 0.15) is 40.6 Å². The number of rotatable bonds is 3. The Morgan fingerprint density at radius 2 is 1.88 bits per heavy atom. The van der Waals surface area contributed by atoms with Crippen molar-refractivity contribution in [1.82, 2.24) is 9.88 Å². The van der Waals surface area contributed by atoms with E-state index in [4.69, 9.17) is 11.6 Å². The van der Waals surface area contributed by atoms with Gasteiger partial charge in [0.05, 0.1) is 11.7 Å². The lowest BCUT2D eigenvalue weighted by Gasteiger charge is -2.34. The maximum Gasteiger partial charge on any atom is 0.255 e. The second kappa shape index (κ2) is 7.32. The van der Waals surface area contributed by atoms with Gasteiger partial charge < -0.3 is 10.0 Å². The Bertz CT molecular complexity index is 692. The minimum absolute atomic E-state index is 0.0157. The number of likely N-dealkylation sites (tertiary alicyclic amines) is 1. The number of aryl methyl sites for hydroxylation is 1. The highest BCUT2D eigenvalue weighted by atomic mass is 35.5. The van der Waals surface area contributed by atoms with Crippen molar-refractivity contribution in [2.75, 3.05) is 13.1 Å². The number of benzene rings is 1. The second-order valence-corrected chi connectivity index (χ2v) is 6.75. The molecule has 2 heterocycles. The molecular weight excluding hydrogens is 324 g/mol. The van der Waals surface area contributed by atoms with Gasteiger partial charge in [0.15, 0.2) is 0 Å². The molecule has 0 aliphatic carbocycles. The third-order valence-electron chi connectivity index (χ3n) is 4.64. The molecule has 1 N–H and O–H groups in total. The number of aliphatic hydroxyl groups is 1. The Morgan fingerprint density at radius 1 is 1.21 bits per heavy atom. The van der Waals surface area contributed by atoms with Crippen molar-refractivity contribution >= 4 is 17.5 Å². The molecule has 24 heavy (non-hydrogen) atoms. The fraction of sp³-hybridized carbons (Fsp3) is 0.368. The Hall–Kier alpha value is -1.91. The van der Waals surface area contributed by atoms with Gasteiger partial charge in [-0.3, -0.25) is 9.78 Å². The maximum absolute atomic E-state index is 12.5. The van der Waals surface area contributed by atoms with Crippen LogP contribution in [-0.4, -0.2) is 34.0 Å². The summed E-state index contributed by atoms with van der Waals surface area (Å²) < 4.78 is 0. The van der Waals surface area contributed by atoms with Crippen LogP contribution in [0.2, 0.25) is 5.02 Å². The van der Waals surface area contributed by atoms with Crippen LogP contribution in [0.25, 0.3) is 0 Å². The molecule has 1 amide bonds. The summed E-state index contributed by atoms with van der Waals surface area (Å²) in [5.41, 5.74) is 2.40. The lowest BCUT2D eigenvalue weighted by molar-refractivity contribution is 0.0462. The number of aromatic nitrogens is 1. The quantitative estimate of drug-likeness (QED) is 0.925. The molecule has 1 aromatic heterocycles. The zero-order valence-corrected chi connectivity index (χ0v) is 14.4. The monoisotopic (exact) mass is 344 g/mol. The van der Waals surface area contributed by atoms with E-state index in [1.165, 1.54) is 0 Å². The molecule has 2 aromatic rings. The summed E-state index contributed by atoms with van der Waals surface area (Å²) in [4.78, 5) is 18.5. The molecule has 1 saturated heterocycles. The largest absolute Gasteiger partial charge is 0.388 e. The molecule has 1 aliphatic rings. The van der Waals surface area contributed by atoms with E-state index in [1.54, 1.807) is 18.3 Å². The van der Waals surface area contributed by atoms with Gasteiger partial charge >= 0.3 is 0 Å². The fourth-order valence-corrected chi connectivity index (χ4v) is 3.25. The van der Waals surface area contributed by atoms with Crippen molar-refractivity contribution in [2.24, 2.45) is 5.92 Å². The molecule has 0 radical (unpaired) electrons. The van der Waals surface area contributed by atoms with Gasteiger partial charge in [-0.25, -0.2) is 0 Å². The number of aliphatic hydroxyl groups excluding tert-OH is 1. The lowest BCUT2D eigenvalue weighted by atomic mass is 9.87. The van der Waals surface area contributed by atoms with E-state index in [9.17, 15) is 9.90 Å². The normalized spacial score (nSPS) is 16.9. The van der Waals surface area contributed by atoms with Gasteiger partial charge in [-0.05, 0) is 55.5 Å². The minimum atomic E-state index is -0.513. The topological polar surface area (TPSA) is 53.4 Å². The SMILES string of the molecule is Cc1ccc(C(=O)N2CCC([C@@H](O)c3ccc(Cl)cc3)CC2)cn1. The van der Waals surface area contributed by atoms with Gasteiger partial charge in [-0.15, -0.1) is 0 Å². The number of hydrogen-bond acceptors (Lipinski definition) is 3. The second-order valence-electron chi connectivity index (χ2n) is 6.31. The number of pyridine rings is 1. The van der Waals surface area contributed by atoms with E-state index in [-0.39, 0.29) is 11.8 Å². The summed E-state index contributed by atoms with van der Waals surface area (Å²) in [6, 6.07) is 11.0. The smallest absolute Gasteiger partial charge is 0.255 e. The summed E-state index contributed by atoms with van der Waals surface area (Å²) in [5.74, 6) is 0.174. The van der Waals surface area contributed by atoms with Gasteiger partial charge in [0.2, 0.25) is 0 Å². The molecule has 0 unspecified atom stereocenters. The highest BCUT2D eigenvalue weighted by Crippen LogP contribution is 2.31. The molecule has 1 atom stereocenters. The number of nitrogens with zero attached hydrogens (tertiary/aromatic N) is 2. The summed E-state index contributed by atoms with van der Waals surface area (Å²) >= 11 is 5.89. The fourth-order valence-electron chi connectivity index (χ4n) is 3.13. The minimum Gasteiger partial charge on any atom is -0.388 e. The summed E-state index contributed by atoms with van der Waals surface area (Å²) in [6.07, 6.45) is 2.69. The number of hydrogen-bond donors (Lipinski definition) is 1. The zero-order valence-electron chi connectivity index (χ0n) is 13.7. The molecule has 0 saturated carbocycles. The molecule has 3 rings (SSSR count). The Labute approximate surface area is 147 Å². The predicted octanol–water partition coefficient (Wildman–Crippen LogP) is 3.63. The van der Waals surface area contributed by atoms with E-state index in [2.05, 4.69) is 4.98 Å². The number of piperidine rings is 1. The first-order chi connectivity index (χ1) is 11.5. The average molecular weight is 345 g/mol. The number of carbonyl (C=O) groups excluding carboxylic acids is 1. The molecule has 0 bridgehead atoms. The first-order valence-electron chi connectivity index (χ1n) is 8.20. The molecule has 126 valence electrons. The van der Waals surface area contributed by atoms with Crippen molar-refractivity contribution in [1.29, 1.82) is 0 Å². The highest BCUT2D eigenvalue weighted by Gasteiger charge is 2.28. The summed E-state index contributed by atoms with van der Waals surface area (Å²) in [6.45, 7) is 3.21. The van der Waals surface area contributed by atoms with Crippen molar-refractivity contribution in [3.8, 4) is 0 Å². The van der Waals surface area contributed by atoms with Crippen LogP contribution in [0.4, 0.5) is 0 Å². The highest BCUT2D eigenvalue weighted by molar-refractivity contribution is 6.30. The first kappa shape index (κ1) is 16.9. The van der Waals surface area contributed by atoms with Gasteiger partial charge in [-0.1, -0.05) is 23.7 Å². The van der Waals surface area contributed by atoms with E-state index in [1.807, 2.05) is 36.1 Å². The number of carbonyl (C=O) groups is 1. The standard InChI is InChI=1S/C19H21ClN2O2/c1-13-2-3-16(12-21-13)19(24)22-10-8-15(9-11-22)18(23)14-4-6-17(20)7-5-14/h2-7,12,15,18,23H,8-11H2,1H3/t18-/m0/s1. The lowest BCUT2D eigenvalue weighted by Crippen LogP contribution is -2.39. The third kappa shape index (κ3) is 3.77. The van der Waals surface area contributed by atoms with Crippen molar-refractivity contribution in [3.63, 3.8) is 0 Å². The number of halogens is 1. The van der Waals surface area contributed by atoms with E-state index in [0.717, 1.165) is 24.1 Å². The average Bonchev–Trinajstić information content (AvgIpc) is 2.62. The summed E-state index contributed by atoms with van der Waals surface area (Å²) in [5, 5.41) is 11.2. The molecule has 0 spiro atoms. The van der Waals surface area contributed by atoms with E-state index < -0.39 is 6.10 Å². The Morgan fingerprint density at radius 3 is 2.46 bits per heavy atom.